The summed E-state index contributed by atoms with van der Waals surface area (Å²) < 4.78 is 35.5. The number of amides is 1. The molecule has 0 N–H and O–H groups in total. The number of hydrogen-bond donors (Lipinski definition) is 0. The van der Waals surface area contributed by atoms with Gasteiger partial charge in [0.2, 0.25) is 0 Å². The maximum absolute atomic E-state index is 13.0. The lowest BCUT2D eigenvalue weighted by molar-refractivity contribution is -0.117. The molecule has 0 aliphatic carbocycles. The number of carbonyl (C=O) groups excluding carboxylic acids is 1. The summed E-state index contributed by atoms with van der Waals surface area (Å²) in [7, 11) is -0.0233. The SMILES string of the molecule is CCN(CC)c1ccc(N2C(=NC(=O)Cc3ccc(OC)c(OC)c3)S[C@@H]3CS(=O)(=O)C[C@H]32)c(C)c1. The number of aryl methyl sites for hydroxylation is 1. The van der Waals surface area contributed by atoms with Crippen molar-refractivity contribution in [3.63, 3.8) is 0 Å². The lowest BCUT2D eigenvalue weighted by Crippen LogP contribution is -2.38. The van der Waals surface area contributed by atoms with Crippen molar-refractivity contribution in [2.24, 2.45) is 4.99 Å². The molecule has 2 aliphatic heterocycles. The summed E-state index contributed by atoms with van der Waals surface area (Å²) >= 11 is 1.39. The highest BCUT2D eigenvalue weighted by Crippen LogP contribution is 2.42. The first-order chi connectivity index (χ1) is 17.2. The summed E-state index contributed by atoms with van der Waals surface area (Å²) in [5.41, 5.74) is 3.79. The van der Waals surface area contributed by atoms with Crippen molar-refractivity contribution in [1.29, 1.82) is 0 Å². The maximum Gasteiger partial charge on any atom is 0.252 e. The fraction of sp³-hybridized carbons (Fsp3) is 0.462. The Balaban J connectivity index is 1.65. The Morgan fingerprint density at radius 1 is 1.08 bits per heavy atom. The van der Waals surface area contributed by atoms with E-state index < -0.39 is 9.84 Å². The second kappa shape index (κ2) is 10.7. The van der Waals surface area contributed by atoms with E-state index in [1.165, 1.54) is 11.8 Å². The molecule has 0 radical (unpaired) electrons. The number of nitrogens with zero attached hydrogens (tertiary/aromatic N) is 3. The van der Waals surface area contributed by atoms with Crippen molar-refractivity contribution < 1.29 is 22.7 Å². The Labute approximate surface area is 217 Å². The number of anilines is 2. The summed E-state index contributed by atoms with van der Waals surface area (Å²) in [6.45, 7) is 8.05. The average Bonchev–Trinajstić information content (AvgIpc) is 3.30. The molecule has 194 valence electrons. The van der Waals surface area contributed by atoms with Crippen LogP contribution in [0, 0.1) is 6.92 Å². The second-order valence-electron chi connectivity index (χ2n) is 8.97. The fourth-order valence-corrected chi connectivity index (χ4v) is 8.78. The topological polar surface area (TPSA) is 88.5 Å². The lowest BCUT2D eigenvalue weighted by Gasteiger charge is -2.28. The maximum atomic E-state index is 13.0. The number of aliphatic imine (C=N–C) groups is 1. The number of amidine groups is 1. The van der Waals surface area contributed by atoms with Gasteiger partial charge in [-0.05, 0) is 62.2 Å². The number of methoxy groups -OCH3 is 2. The van der Waals surface area contributed by atoms with E-state index in [0.717, 1.165) is 35.6 Å². The highest BCUT2D eigenvalue weighted by atomic mass is 32.2. The number of sulfone groups is 1. The third-order valence-corrected chi connectivity index (χ3v) is 9.87. The molecule has 0 saturated carbocycles. The molecule has 4 rings (SSSR count). The zero-order valence-corrected chi connectivity index (χ0v) is 23.0. The van der Waals surface area contributed by atoms with Crippen molar-refractivity contribution >= 4 is 44.0 Å². The Hall–Kier alpha value is -2.72. The molecule has 0 bridgehead atoms. The predicted octanol–water partition coefficient (Wildman–Crippen LogP) is 3.70. The number of hydrogen-bond acceptors (Lipinski definition) is 7. The minimum absolute atomic E-state index is 0.0603. The number of fused-ring (bicyclic) bond motifs is 1. The molecule has 2 atom stereocenters. The largest absolute Gasteiger partial charge is 0.493 e. The van der Waals surface area contributed by atoms with Crippen molar-refractivity contribution in [2.45, 2.75) is 38.5 Å². The summed E-state index contributed by atoms with van der Waals surface area (Å²) in [5, 5.41) is 0.411. The molecule has 2 fully saturated rings. The number of rotatable bonds is 8. The number of ether oxygens (including phenoxy) is 2. The zero-order valence-electron chi connectivity index (χ0n) is 21.4. The monoisotopic (exact) mass is 531 g/mol. The van der Waals surface area contributed by atoms with E-state index in [2.05, 4.69) is 35.9 Å². The predicted molar refractivity (Wildman–Crippen MR) is 147 cm³/mol. The van der Waals surface area contributed by atoms with Gasteiger partial charge >= 0.3 is 0 Å². The third kappa shape index (κ3) is 5.34. The molecule has 2 saturated heterocycles. The van der Waals surface area contributed by atoms with Crippen LogP contribution in [0.3, 0.4) is 0 Å². The Kier molecular flexibility index (Phi) is 7.85. The fourth-order valence-electron chi connectivity index (χ4n) is 4.85. The standard InChI is InChI=1S/C26H33N3O5S2/c1-6-28(7-2)19-9-10-20(17(3)12-19)29-21-15-36(31,32)16-24(21)35-26(29)27-25(30)14-18-8-11-22(33-4)23(13-18)34-5/h8-13,21,24H,6-7,14-16H2,1-5H3/t21-,24-/m1/s1. The van der Waals surface area contributed by atoms with Gasteiger partial charge < -0.3 is 19.3 Å². The van der Waals surface area contributed by atoms with Gasteiger partial charge in [0.15, 0.2) is 26.5 Å². The number of benzene rings is 2. The van der Waals surface area contributed by atoms with Gasteiger partial charge in [-0.2, -0.15) is 4.99 Å². The molecule has 1 amide bonds. The third-order valence-electron chi connectivity index (χ3n) is 6.66. The first kappa shape index (κ1) is 26.3. The second-order valence-corrected chi connectivity index (χ2v) is 12.3. The van der Waals surface area contributed by atoms with E-state index in [-0.39, 0.29) is 35.1 Å². The van der Waals surface area contributed by atoms with Gasteiger partial charge in [0.25, 0.3) is 5.91 Å². The molecule has 36 heavy (non-hydrogen) atoms. The molecule has 0 unspecified atom stereocenters. The smallest absolute Gasteiger partial charge is 0.252 e. The quantitative estimate of drug-likeness (QED) is 0.510. The first-order valence-electron chi connectivity index (χ1n) is 12.0. The van der Waals surface area contributed by atoms with Crippen molar-refractivity contribution in [3.05, 3.63) is 47.5 Å². The molecule has 2 aromatic rings. The van der Waals surface area contributed by atoms with Crippen molar-refractivity contribution in [3.8, 4) is 11.5 Å². The Morgan fingerprint density at radius 2 is 1.81 bits per heavy atom. The summed E-state index contributed by atoms with van der Waals surface area (Å²) in [6, 6.07) is 11.3. The van der Waals surface area contributed by atoms with Crippen molar-refractivity contribution in [1.82, 2.24) is 0 Å². The van der Waals surface area contributed by atoms with E-state index >= 15 is 0 Å². The van der Waals surface area contributed by atoms with Gasteiger partial charge in [0.1, 0.15) is 0 Å². The van der Waals surface area contributed by atoms with Crippen LogP contribution in [0.25, 0.3) is 0 Å². The van der Waals surface area contributed by atoms with Gasteiger partial charge in [0.05, 0.1) is 38.2 Å². The van der Waals surface area contributed by atoms with Crippen LogP contribution in [-0.4, -0.2) is 69.6 Å². The average molecular weight is 532 g/mol. The molecule has 2 aliphatic rings. The van der Waals surface area contributed by atoms with E-state index in [4.69, 9.17) is 9.47 Å². The molecule has 2 aromatic carbocycles. The van der Waals surface area contributed by atoms with E-state index in [9.17, 15) is 13.2 Å². The van der Waals surface area contributed by atoms with Gasteiger partial charge in [-0.3, -0.25) is 4.79 Å². The van der Waals surface area contributed by atoms with E-state index in [1.54, 1.807) is 26.4 Å². The highest BCUT2D eigenvalue weighted by molar-refractivity contribution is 8.16. The minimum atomic E-state index is -3.14. The Bertz CT molecular complexity index is 1270. The Morgan fingerprint density at radius 3 is 2.44 bits per heavy atom. The lowest BCUT2D eigenvalue weighted by atomic mass is 10.1. The van der Waals surface area contributed by atoms with Crippen LogP contribution >= 0.6 is 11.8 Å². The molecule has 0 spiro atoms. The number of carbonyl (C=O) groups is 1. The molecule has 8 nitrogen and oxygen atoms in total. The van der Waals surface area contributed by atoms with Gasteiger partial charge in [-0.25, -0.2) is 8.42 Å². The molecular weight excluding hydrogens is 498 g/mol. The van der Waals surface area contributed by atoms with Crippen LogP contribution in [0.4, 0.5) is 11.4 Å². The summed E-state index contributed by atoms with van der Waals surface area (Å²) in [6.07, 6.45) is 0.103. The number of thioether (sulfide) groups is 1. The summed E-state index contributed by atoms with van der Waals surface area (Å²) in [4.78, 5) is 21.7. The van der Waals surface area contributed by atoms with Gasteiger partial charge in [0, 0.05) is 29.7 Å². The summed E-state index contributed by atoms with van der Waals surface area (Å²) in [5.74, 6) is 1.00. The van der Waals surface area contributed by atoms with Crippen LogP contribution in [0.15, 0.2) is 41.4 Å². The van der Waals surface area contributed by atoms with E-state index in [1.807, 2.05) is 24.0 Å². The molecule has 0 aromatic heterocycles. The minimum Gasteiger partial charge on any atom is -0.493 e. The van der Waals surface area contributed by atoms with Crippen LogP contribution < -0.4 is 19.3 Å². The van der Waals surface area contributed by atoms with Crippen LogP contribution in [-0.2, 0) is 21.1 Å². The van der Waals surface area contributed by atoms with Gasteiger partial charge in [-0.15, -0.1) is 0 Å². The zero-order chi connectivity index (χ0) is 26.0. The molecular formula is C26H33N3O5S2. The normalized spacial score (nSPS) is 21.5. The molecule has 10 heteroatoms. The van der Waals surface area contributed by atoms with E-state index in [0.29, 0.717) is 16.7 Å². The van der Waals surface area contributed by atoms with Crippen LogP contribution in [0.5, 0.6) is 11.5 Å². The highest BCUT2D eigenvalue weighted by Gasteiger charge is 2.49. The van der Waals surface area contributed by atoms with Gasteiger partial charge in [-0.1, -0.05) is 17.8 Å². The van der Waals surface area contributed by atoms with Crippen LogP contribution in [0.1, 0.15) is 25.0 Å². The molecule has 2 heterocycles. The first-order valence-corrected chi connectivity index (χ1v) is 14.7. The van der Waals surface area contributed by atoms with Crippen molar-refractivity contribution in [2.75, 3.05) is 48.6 Å². The van der Waals surface area contributed by atoms with Crippen LogP contribution in [0.2, 0.25) is 0 Å².